The highest BCUT2D eigenvalue weighted by Gasteiger charge is 2.21. The van der Waals surface area contributed by atoms with E-state index in [0.717, 1.165) is 18.2 Å². The van der Waals surface area contributed by atoms with E-state index in [-0.39, 0.29) is 38.3 Å². The van der Waals surface area contributed by atoms with Crippen LogP contribution < -0.4 is 5.43 Å². The van der Waals surface area contributed by atoms with E-state index >= 15 is 0 Å². The van der Waals surface area contributed by atoms with Crippen molar-refractivity contribution in [2.45, 2.75) is 0 Å². The number of rotatable bonds is 1. The Balaban J connectivity index is 2.40. The predicted octanol–water partition coefficient (Wildman–Crippen LogP) is 2.75. The molecular formula is C15H9BrO7. The molecule has 1 aromatic heterocycles. The van der Waals surface area contributed by atoms with Crippen LogP contribution in [0.4, 0.5) is 0 Å². The fraction of sp³-hybridized carbons (Fsp3) is 0. The largest absolute Gasteiger partial charge is 0.506 e. The number of phenols is 4. The van der Waals surface area contributed by atoms with Crippen LogP contribution in [0.5, 0.6) is 28.7 Å². The number of halogens is 1. The summed E-state index contributed by atoms with van der Waals surface area (Å²) >= 11 is 2.92. The molecule has 0 unspecified atom stereocenters. The van der Waals surface area contributed by atoms with Gasteiger partial charge in [0.15, 0.2) is 17.3 Å². The fourth-order valence-corrected chi connectivity index (χ4v) is 2.46. The Hall–Kier alpha value is -2.87. The quantitative estimate of drug-likeness (QED) is 0.410. The number of hydrogen-bond donors (Lipinski definition) is 5. The Morgan fingerprint density at radius 3 is 2.22 bits per heavy atom. The first-order valence-electron chi connectivity index (χ1n) is 6.23. The van der Waals surface area contributed by atoms with Crippen molar-refractivity contribution in [1.29, 1.82) is 0 Å². The molecule has 7 nitrogen and oxygen atoms in total. The summed E-state index contributed by atoms with van der Waals surface area (Å²) in [7, 11) is 0. The van der Waals surface area contributed by atoms with Gasteiger partial charge in [-0.15, -0.1) is 0 Å². The molecule has 3 aromatic rings. The molecule has 118 valence electrons. The van der Waals surface area contributed by atoms with Crippen molar-refractivity contribution in [1.82, 2.24) is 0 Å². The van der Waals surface area contributed by atoms with Crippen molar-refractivity contribution in [3.05, 3.63) is 39.0 Å². The monoisotopic (exact) mass is 380 g/mol. The van der Waals surface area contributed by atoms with E-state index in [0.29, 0.717) is 0 Å². The smallest absolute Gasteiger partial charge is 0.238 e. The summed E-state index contributed by atoms with van der Waals surface area (Å²) < 4.78 is 5.28. The highest BCUT2D eigenvalue weighted by Crippen LogP contribution is 2.41. The molecule has 0 aliphatic rings. The minimum Gasteiger partial charge on any atom is -0.506 e. The van der Waals surface area contributed by atoms with Gasteiger partial charge in [-0.25, -0.2) is 0 Å². The lowest BCUT2D eigenvalue weighted by Gasteiger charge is -2.09. The van der Waals surface area contributed by atoms with Crippen LogP contribution in [0.15, 0.2) is 37.9 Å². The van der Waals surface area contributed by atoms with Crippen LogP contribution in [0.25, 0.3) is 22.3 Å². The summed E-state index contributed by atoms with van der Waals surface area (Å²) in [5.41, 5.74) is -0.945. The van der Waals surface area contributed by atoms with Gasteiger partial charge >= 0.3 is 0 Å². The van der Waals surface area contributed by atoms with Gasteiger partial charge in [-0.2, -0.15) is 0 Å². The lowest BCUT2D eigenvalue weighted by Crippen LogP contribution is -2.03. The minimum atomic E-state index is -0.910. The molecule has 0 aliphatic heterocycles. The fourth-order valence-electron chi connectivity index (χ4n) is 2.15. The summed E-state index contributed by atoms with van der Waals surface area (Å²) in [4.78, 5) is 12.3. The van der Waals surface area contributed by atoms with Crippen molar-refractivity contribution in [3.8, 4) is 40.1 Å². The van der Waals surface area contributed by atoms with E-state index in [9.17, 15) is 30.3 Å². The average Bonchev–Trinajstić information content (AvgIpc) is 2.51. The van der Waals surface area contributed by atoms with Crippen molar-refractivity contribution in [3.63, 3.8) is 0 Å². The Morgan fingerprint density at radius 1 is 0.870 bits per heavy atom. The van der Waals surface area contributed by atoms with Crippen LogP contribution in [-0.4, -0.2) is 25.5 Å². The molecule has 0 saturated heterocycles. The van der Waals surface area contributed by atoms with Crippen LogP contribution in [0.1, 0.15) is 0 Å². The summed E-state index contributed by atoms with van der Waals surface area (Å²) in [5, 5.41) is 48.2. The summed E-state index contributed by atoms with van der Waals surface area (Å²) in [6.07, 6.45) is 0. The molecule has 1 heterocycles. The van der Waals surface area contributed by atoms with E-state index in [1.807, 2.05) is 0 Å². The molecule has 5 N–H and O–H groups in total. The lowest BCUT2D eigenvalue weighted by molar-refractivity contribution is 0.403. The maximum absolute atomic E-state index is 12.3. The third-order valence-corrected chi connectivity index (χ3v) is 4.07. The molecular weight excluding hydrogens is 372 g/mol. The normalized spacial score (nSPS) is 11.0. The topological polar surface area (TPSA) is 131 Å². The third-order valence-electron chi connectivity index (χ3n) is 3.29. The van der Waals surface area contributed by atoms with Crippen LogP contribution >= 0.6 is 15.9 Å². The summed E-state index contributed by atoms with van der Waals surface area (Å²) in [6, 6.07) is 4.67. The minimum absolute atomic E-state index is 0.105. The molecule has 0 aliphatic carbocycles. The second-order valence-corrected chi connectivity index (χ2v) is 5.54. The molecule has 0 spiro atoms. The lowest BCUT2D eigenvalue weighted by atomic mass is 10.1. The van der Waals surface area contributed by atoms with Crippen molar-refractivity contribution < 1.29 is 29.9 Å². The SMILES string of the molecule is O=c1c(O)c(-c2ccc(O)c(O)c2)oc2cc(O)c(Br)c(O)c12. The zero-order valence-corrected chi connectivity index (χ0v) is 12.8. The Morgan fingerprint density at radius 2 is 1.57 bits per heavy atom. The van der Waals surface area contributed by atoms with Crippen molar-refractivity contribution in [2.75, 3.05) is 0 Å². The molecule has 3 rings (SSSR count). The van der Waals surface area contributed by atoms with Crippen LogP contribution in [0, 0.1) is 0 Å². The van der Waals surface area contributed by atoms with E-state index in [1.165, 1.54) is 6.07 Å². The zero-order valence-electron chi connectivity index (χ0n) is 11.2. The van der Waals surface area contributed by atoms with Crippen LogP contribution in [-0.2, 0) is 0 Å². The van der Waals surface area contributed by atoms with E-state index in [1.54, 1.807) is 0 Å². The van der Waals surface area contributed by atoms with Crippen LogP contribution in [0.2, 0.25) is 0 Å². The number of benzene rings is 2. The average molecular weight is 381 g/mol. The zero-order chi connectivity index (χ0) is 16.9. The van der Waals surface area contributed by atoms with Gasteiger partial charge in [-0.1, -0.05) is 0 Å². The number of phenolic OH excluding ortho intramolecular Hbond substituents is 4. The molecule has 0 radical (unpaired) electrons. The Kier molecular flexibility index (Phi) is 3.33. The number of hydrogen-bond acceptors (Lipinski definition) is 7. The summed E-state index contributed by atoms with van der Waals surface area (Å²) in [6.45, 7) is 0. The summed E-state index contributed by atoms with van der Waals surface area (Å²) in [5.74, 6) is -2.83. The maximum atomic E-state index is 12.3. The van der Waals surface area contributed by atoms with Gasteiger partial charge in [-0.3, -0.25) is 4.79 Å². The molecule has 23 heavy (non-hydrogen) atoms. The second-order valence-electron chi connectivity index (χ2n) is 4.74. The van der Waals surface area contributed by atoms with Gasteiger partial charge in [0.25, 0.3) is 0 Å². The van der Waals surface area contributed by atoms with Gasteiger partial charge in [0.1, 0.15) is 26.9 Å². The maximum Gasteiger partial charge on any atom is 0.238 e. The van der Waals surface area contributed by atoms with E-state index in [2.05, 4.69) is 15.9 Å². The van der Waals surface area contributed by atoms with Gasteiger partial charge in [0, 0.05) is 11.6 Å². The first kappa shape index (κ1) is 15.0. The molecule has 0 bridgehead atoms. The van der Waals surface area contributed by atoms with Gasteiger partial charge in [0.05, 0.1) is 0 Å². The second kappa shape index (κ2) is 5.10. The molecule has 0 saturated carbocycles. The Labute approximate surface area is 136 Å². The van der Waals surface area contributed by atoms with E-state index < -0.39 is 22.7 Å². The van der Waals surface area contributed by atoms with Gasteiger partial charge in [0.2, 0.25) is 11.2 Å². The molecule has 0 atom stereocenters. The first-order chi connectivity index (χ1) is 10.8. The third kappa shape index (κ3) is 2.23. The van der Waals surface area contributed by atoms with Crippen molar-refractivity contribution in [2.24, 2.45) is 0 Å². The van der Waals surface area contributed by atoms with Crippen molar-refractivity contribution >= 4 is 26.9 Å². The molecule has 0 fully saturated rings. The predicted molar refractivity (Wildman–Crippen MR) is 83.9 cm³/mol. The number of fused-ring (bicyclic) bond motifs is 1. The number of aromatic hydroxyl groups is 5. The first-order valence-corrected chi connectivity index (χ1v) is 7.03. The van der Waals surface area contributed by atoms with Gasteiger partial charge < -0.3 is 29.9 Å². The van der Waals surface area contributed by atoms with Crippen LogP contribution in [0.3, 0.4) is 0 Å². The molecule has 0 amide bonds. The molecule has 8 heteroatoms. The van der Waals surface area contributed by atoms with Gasteiger partial charge in [-0.05, 0) is 34.1 Å². The standard InChI is InChI=1S/C15H9BrO7/c16-11-8(19)4-9-10(12(11)20)13(21)14(22)15(23-9)5-1-2-6(17)7(18)3-5/h1-4,17-20,22H. The Bertz CT molecular complexity index is 1010. The molecule has 2 aromatic carbocycles. The highest BCUT2D eigenvalue weighted by atomic mass is 79.9. The van der Waals surface area contributed by atoms with E-state index in [4.69, 9.17) is 4.42 Å². The highest BCUT2D eigenvalue weighted by molar-refractivity contribution is 9.10.